The van der Waals surface area contributed by atoms with E-state index >= 15 is 0 Å². The molecular formula is C21H39BO5Si. The lowest BCUT2D eigenvalue weighted by Crippen LogP contribution is -2.65. The van der Waals surface area contributed by atoms with E-state index in [4.69, 9.17) is 18.5 Å². The number of rotatable bonds is 4. The summed E-state index contributed by atoms with van der Waals surface area (Å²) in [5.74, 6) is 1.30. The first kappa shape index (κ1) is 21.3. The van der Waals surface area contributed by atoms with E-state index in [1.807, 2.05) is 0 Å². The summed E-state index contributed by atoms with van der Waals surface area (Å²) in [4.78, 5) is 0. The van der Waals surface area contributed by atoms with Crippen molar-refractivity contribution >= 4 is 15.4 Å². The van der Waals surface area contributed by atoms with Crippen molar-refractivity contribution in [2.45, 2.75) is 109 Å². The van der Waals surface area contributed by atoms with Crippen molar-refractivity contribution in [3.05, 3.63) is 0 Å². The van der Waals surface area contributed by atoms with Crippen molar-refractivity contribution < 1.29 is 23.6 Å². The van der Waals surface area contributed by atoms with E-state index in [1.54, 1.807) is 0 Å². The Morgan fingerprint density at radius 3 is 2.43 bits per heavy atom. The standard InChI is InChI=1S/C21H39BO5Si/c1-19(2,3)28(7,8)24-12-15-14(11-18(23)25-15)22-26-17-10-13-9-16(20(13,4)5)21(17,6)27-22/h13-18,23H,9-12H2,1-8H3/t13-,14-,15+,16-,17+,18?,21-/m0/s1. The maximum atomic E-state index is 10.2. The average Bonchev–Trinajstić information content (AvgIpc) is 3.10. The summed E-state index contributed by atoms with van der Waals surface area (Å²) in [7, 11) is -2.19. The number of aliphatic hydroxyl groups is 1. The van der Waals surface area contributed by atoms with E-state index in [0.29, 0.717) is 24.4 Å². The molecule has 0 aromatic heterocycles. The molecule has 0 spiro atoms. The fourth-order valence-corrected chi connectivity index (χ4v) is 6.80. The lowest BCUT2D eigenvalue weighted by Gasteiger charge is -2.64. The van der Waals surface area contributed by atoms with Crippen LogP contribution in [0.5, 0.6) is 0 Å². The lowest BCUT2D eigenvalue weighted by atomic mass is 9.43. The maximum absolute atomic E-state index is 10.2. The Balaban J connectivity index is 1.45. The predicted octanol–water partition coefficient (Wildman–Crippen LogP) is 4.21. The molecule has 7 atom stereocenters. The molecule has 0 aromatic carbocycles. The van der Waals surface area contributed by atoms with E-state index < -0.39 is 14.6 Å². The minimum absolute atomic E-state index is 0.0162. The third-order valence-corrected chi connectivity index (χ3v) is 13.5. The van der Waals surface area contributed by atoms with Crippen LogP contribution in [0.3, 0.4) is 0 Å². The molecule has 1 N–H and O–H groups in total. The number of aliphatic hydroxyl groups excluding tert-OH is 1. The fraction of sp³-hybridized carbons (Fsp3) is 1.00. The number of hydrogen-bond donors (Lipinski definition) is 1. The summed E-state index contributed by atoms with van der Waals surface area (Å²) in [6, 6.07) is 0. The van der Waals surface area contributed by atoms with E-state index in [9.17, 15) is 5.11 Å². The van der Waals surface area contributed by atoms with Gasteiger partial charge in [0, 0.05) is 12.2 Å². The SMILES string of the molecule is CC1(C)[C@@H]2C[C@H]3OB([C@H]4CC(O)O[C@@H]4CO[Si](C)(C)C(C)(C)C)O[C@@]3(C)[C@H]1C2. The average molecular weight is 410 g/mol. The molecule has 7 heteroatoms. The molecule has 2 heterocycles. The molecule has 2 saturated heterocycles. The Labute approximate surface area is 172 Å². The summed E-state index contributed by atoms with van der Waals surface area (Å²) < 4.78 is 25.4. The van der Waals surface area contributed by atoms with Crippen LogP contribution in [0.1, 0.15) is 60.8 Å². The second kappa shape index (κ2) is 6.54. The molecule has 3 saturated carbocycles. The van der Waals surface area contributed by atoms with Gasteiger partial charge in [-0.15, -0.1) is 0 Å². The van der Waals surface area contributed by atoms with Gasteiger partial charge in [-0.1, -0.05) is 34.6 Å². The van der Waals surface area contributed by atoms with Crippen LogP contribution in [-0.4, -0.2) is 51.2 Å². The van der Waals surface area contributed by atoms with Gasteiger partial charge in [-0.05, 0) is 55.1 Å². The van der Waals surface area contributed by atoms with Crippen LogP contribution in [0.4, 0.5) is 0 Å². The highest BCUT2D eigenvalue weighted by atomic mass is 28.4. The third-order valence-electron chi connectivity index (χ3n) is 9.02. The highest BCUT2D eigenvalue weighted by Gasteiger charge is 2.69. The first-order valence-electron chi connectivity index (χ1n) is 11.1. The van der Waals surface area contributed by atoms with Crippen LogP contribution < -0.4 is 0 Å². The molecule has 5 fully saturated rings. The van der Waals surface area contributed by atoms with Crippen LogP contribution >= 0.6 is 0 Å². The van der Waals surface area contributed by atoms with Gasteiger partial charge in [0.15, 0.2) is 14.6 Å². The second-order valence-electron chi connectivity index (χ2n) is 11.9. The third kappa shape index (κ3) is 3.16. The molecule has 5 nitrogen and oxygen atoms in total. The van der Waals surface area contributed by atoms with Crippen molar-refractivity contribution in [1.29, 1.82) is 0 Å². The Hall–Kier alpha value is 0.0818. The molecule has 160 valence electrons. The van der Waals surface area contributed by atoms with Crippen molar-refractivity contribution in [2.24, 2.45) is 17.3 Å². The van der Waals surface area contributed by atoms with Crippen LogP contribution in [-0.2, 0) is 18.5 Å². The Kier molecular flexibility index (Phi) is 4.98. The molecule has 3 aliphatic carbocycles. The van der Waals surface area contributed by atoms with Crippen LogP contribution in [0.15, 0.2) is 0 Å². The van der Waals surface area contributed by atoms with Crippen molar-refractivity contribution in [2.75, 3.05) is 6.61 Å². The molecule has 0 amide bonds. The highest BCUT2D eigenvalue weighted by molar-refractivity contribution is 6.74. The smallest absolute Gasteiger partial charge is 0.414 e. The van der Waals surface area contributed by atoms with E-state index in [2.05, 4.69) is 54.6 Å². The van der Waals surface area contributed by atoms with Crippen molar-refractivity contribution in [3.8, 4) is 0 Å². The van der Waals surface area contributed by atoms with Crippen LogP contribution in [0.25, 0.3) is 0 Å². The molecule has 0 aromatic rings. The zero-order valence-electron chi connectivity index (χ0n) is 19.0. The first-order chi connectivity index (χ1) is 12.8. The van der Waals surface area contributed by atoms with Gasteiger partial charge in [0.05, 0.1) is 24.4 Å². The largest absolute Gasteiger partial charge is 0.463 e. The summed E-state index contributed by atoms with van der Waals surface area (Å²) in [6.07, 6.45) is 2.10. The van der Waals surface area contributed by atoms with Gasteiger partial charge >= 0.3 is 7.12 Å². The van der Waals surface area contributed by atoms with E-state index in [-0.39, 0.29) is 35.8 Å². The van der Waals surface area contributed by atoms with Crippen molar-refractivity contribution in [3.63, 3.8) is 0 Å². The highest BCUT2D eigenvalue weighted by Crippen LogP contribution is 2.66. The zero-order chi connectivity index (χ0) is 20.7. The van der Waals surface area contributed by atoms with E-state index in [0.717, 1.165) is 12.3 Å². The zero-order valence-corrected chi connectivity index (χ0v) is 20.0. The first-order valence-corrected chi connectivity index (χ1v) is 14.0. The topological polar surface area (TPSA) is 57.2 Å². The minimum Gasteiger partial charge on any atom is -0.414 e. The second-order valence-corrected chi connectivity index (χ2v) is 16.7. The molecule has 2 bridgehead atoms. The van der Waals surface area contributed by atoms with Crippen LogP contribution in [0.2, 0.25) is 23.9 Å². The fourth-order valence-electron chi connectivity index (χ4n) is 5.78. The molecule has 5 rings (SSSR count). The summed E-state index contributed by atoms with van der Waals surface area (Å²) in [5, 5.41) is 10.4. The normalized spacial score (nSPS) is 45.1. The Bertz CT molecular complexity index is 620. The minimum atomic E-state index is -1.88. The van der Waals surface area contributed by atoms with E-state index in [1.165, 1.54) is 6.42 Å². The maximum Gasteiger partial charge on any atom is 0.463 e. The Morgan fingerprint density at radius 1 is 1.14 bits per heavy atom. The summed E-state index contributed by atoms with van der Waals surface area (Å²) in [5.41, 5.74) is 0.112. The molecule has 1 unspecified atom stereocenters. The van der Waals surface area contributed by atoms with Crippen LogP contribution in [0, 0.1) is 17.3 Å². The molecule has 0 radical (unpaired) electrons. The Morgan fingerprint density at radius 2 is 1.82 bits per heavy atom. The molecule has 28 heavy (non-hydrogen) atoms. The summed E-state index contributed by atoms with van der Waals surface area (Å²) in [6.45, 7) is 18.7. The van der Waals surface area contributed by atoms with Gasteiger partial charge in [-0.25, -0.2) is 0 Å². The van der Waals surface area contributed by atoms with Gasteiger partial charge in [0.2, 0.25) is 0 Å². The van der Waals surface area contributed by atoms with Crippen molar-refractivity contribution in [1.82, 2.24) is 0 Å². The lowest BCUT2D eigenvalue weighted by molar-refractivity contribution is -0.199. The van der Waals surface area contributed by atoms with Gasteiger partial charge in [-0.3, -0.25) is 0 Å². The molecular weight excluding hydrogens is 371 g/mol. The quantitative estimate of drug-likeness (QED) is 0.704. The monoisotopic (exact) mass is 410 g/mol. The van der Waals surface area contributed by atoms with Gasteiger partial charge in [0.25, 0.3) is 0 Å². The molecule has 2 aliphatic heterocycles. The number of hydrogen-bond acceptors (Lipinski definition) is 5. The van der Waals surface area contributed by atoms with Gasteiger partial charge < -0.3 is 23.6 Å². The predicted molar refractivity (Wildman–Crippen MR) is 113 cm³/mol. The summed E-state index contributed by atoms with van der Waals surface area (Å²) >= 11 is 0. The van der Waals surface area contributed by atoms with Gasteiger partial charge in [0.1, 0.15) is 0 Å². The van der Waals surface area contributed by atoms with Gasteiger partial charge in [-0.2, -0.15) is 0 Å². The molecule has 5 aliphatic rings. The number of ether oxygens (including phenoxy) is 1.